The molecule has 0 aliphatic heterocycles. The number of nitrogens with one attached hydrogen (secondary N) is 2. The highest BCUT2D eigenvalue weighted by Crippen LogP contribution is 2.12. The van der Waals surface area contributed by atoms with Crippen molar-refractivity contribution >= 4 is 11.8 Å². The molecule has 110 valence electrons. The summed E-state index contributed by atoms with van der Waals surface area (Å²) in [6.07, 6.45) is 1.73. The maximum Gasteiger partial charge on any atom is 0.279 e. The molecule has 2 N–H and O–H groups in total. The molecule has 1 unspecified atom stereocenters. The second-order valence-electron chi connectivity index (χ2n) is 4.17. The van der Waals surface area contributed by atoms with Gasteiger partial charge in [-0.25, -0.2) is 4.39 Å². The van der Waals surface area contributed by atoms with Crippen molar-refractivity contribution < 1.29 is 23.1 Å². The molecular weight excluding hydrogens is 279 g/mol. The van der Waals surface area contributed by atoms with Gasteiger partial charge in [0.2, 0.25) is 0 Å². The zero-order valence-electron chi connectivity index (χ0n) is 11.1. The molecule has 1 aromatic heterocycles. The fourth-order valence-electron chi connectivity index (χ4n) is 1.46. The van der Waals surface area contributed by atoms with E-state index in [1.165, 1.54) is 49.8 Å². The smallest absolute Gasteiger partial charge is 0.279 e. The number of halogens is 1. The average molecular weight is 292 g/mol. The van der Waals surface area contributed by atoms with E-state index in [0.717, 1.165) is 0 Å². The number of benzene rings is 1. The van der Waals surface area contributed by atoms with Gasteiger partial charge in [0, 0.05) is 0 Å². The van der Waals surface area contributed by atoms with E-state index >= 15 is 0 Å². The number of hydrazine groups is 1. The fraction of sp³-hybridized carbons (Fsp3) is 0.143. The van der Waals surface area contributed by atoms with Crippen molar-refractivity contribution in [2.24, 2.45) is 0 Å². The maximum atomic E-state index is 12.7. The number of furan rings is 1. The largest absolute Gasteiger partial charge is 0.481 e. The van der Waals surface area contributed by atoms with Crippen LogP contribution in [-0.2, 0) is 4.79 Å². The fourth-order valence-corrected chi connectivity index (χ4v) is 1.46. The van der Waals surface area contributed by atoms with Crippen LogP contribution in [0.25, 0.3) is 0 Å². The average Bonchev–Trinajstić information content (AvgIpc) is 3.01. The van der Waals surface area contributed by atoms with Crippen molar-refractivity contribution in [2.45, 2.75) is 13.0 Å². The summed E-state index contributed by atoms with van der Waals surface area (Å²) in [5, 5.41) is 0. The number of amides is 2. The third-order valence-electron chi connectivity index (χ3n) is 2.58. The monoisotopic (exact) mass is 292 g/mol. The van der Waals surface area contributed by atoms with Crippen LogP contribution in [0.2, 0.25) is 0 Å². The van der Waals surface area contributed by atoms with Crippen molar-refractivity contribution in [1.82, 2.24) is 10.9 Å². The molecule has 1 atom stereocenters. The Bertz CT molecular complexity index is 610. The quantitative estimate of drug-likeness (QED) is 0.840. The van der Waals surface area contributed by atoms with E-state index in [0.29, 0.717) is 5.75 Å². The van der Waals surface area contributed by atoms with E-state index < -0.39 is 23.7 Å². The summed E-state index contributed by atoms with van der Waals surface area (Å²) >= 11 is 0. The minimum Gasteiger partial charge on any atom is -0.481 e. The summed E-state index contributed by atoms with van der Waals surface area (Å²) in [6, 6.07) is 6.72. The maximum absolute atomic E-state index is 12.7. The van der Waals surface area contributed by atoms with Gasteiger partial charge in [-0.15, -0.1) is 0 Å². The summed E-state index contributed by atoms with van der Waals surface area (Å²) in [4.78, 5) is 23.3. The highest BCUT2D eigenvalue weighted by molar-refractivity contribution is 5.95. The van der Waals surface area contributed by atoms with Crippen molar-refractivity contribution in [2.75, 3.05) is 0 Å². The number of hydrogen-bond donors (Lipinski definition) is 2. The Morgan fingerprint density at radius 2 is 1.90 bits per heavy atom. The van der Waals surface area contributed by atoms with E-state index in [9.17, 15) is 14.0 Å². The first-order chi connectivity index (χ1) is 10.1. The molecule has 0 fully saturated rings. The number of carbonyl (C=O) groups excluding carboxylic acids is 2. The summed E-state index contributed by atoms with van der Waals surface area (Å²) in [6.45, 7) is 1.50. The molecule has 2 amide bonds. The van der Waals surface area contributed by atoms with Gasteiger partial charge in [0.1, 0.15) is 17.8 Å². The molecule has 0 radical (unpaired) electrons. The van der Waals surface area contributed by atoms with Crippen LogP contribution in [0.5, 0.6) is 5.75 Å². The van der Waals surface area contributed by atoms with Crippen molar-refractivity contribution in [1.29, 1.82) is 0 Å². The first-order valence-electron chi connectivity index (χ1n) is 6.11. The Kier molecular flexibility index (Phi) is 4.55. The molecule has 6 nitrogen and oxygen atoms in total. The molecule has 2 rings (SSSR count). The van der Waals surface area contributed by atoms with Crippen LogP contribution in [-0.4, -0.2) is 17.9 Å². The molecule has 0 saturated carbocycles. The first-order valence-corrected chi connectivity index (χ1v) is 6.11. The highest BCUT2D eigenvalue weighted by Gasteiger charge is 2.16. The predicted octanol–water partition coefficient (Wildman–Crippen LogP) is 1.65. The third-order valence-corrected chi connectivity index (χ3v) is 2.58. The lowest BCUT2D eigenvalue weighted by Crippen LogP contribution is -2.47. The SMILES string of the molecule is CC(Oc1ccc(F)cc1)C(=O)NNC(=O)c1ccoc1. The summed E-state index contributed by atoms with van der Waals surface area (Å²) in [7, 11) is 0. The Labute approximate surface area is 119 Å². The Hall–Kier alpha value is -2.83. The molecule has 1 heterocycles. The molecule has 0 aliphatic rings. The Balaban J connectivity index is 1.82. The molecule has 0 saturated heterocycles. The Morgan fingerprint density at radius 1 is 1.19 bits per heavy atom. The van der Waals surface area contributed by atoms with Gasteiger partial charge in [-0.2, -0.15) is 0 Å². The Morgan fingerprint density at radius 3 is 2.52 bits per heavy atom. The van der Waals surface area contributed by atoms with E-state index in [2.05, 4.69) is 10.9 Å². The van der Waals surface area contributed by atoms with Crippen LogP contribution in [0.4, 0.5) is 4.39 Å². The minimum absolute atomic E-state index is 0.280. The number of ether oxygens (including phenoxy) is 1. The molecule has 21 heavy (non-hydrogen) atoms. The lowest BCUT2D eigenvalue weighted by atomic mass is 10.3. The van der Waals surface area contributed by atoms with Gasteiger partial charge in [0.05, 0.1) is 11.8 Å². The lowest BCUT2D eigenvalue weighted by Gasteiger charge is -2.14. The van der Waals surface area contributed by atoms with Gasteiger partial charge < -0.3 is 9.15 Å². The van der Waals surface area contributed by atoms with Gasteiger partial charge >= 0.3 is 0 Å². The summed E-state index contributed by atoms with van der Waals surface area (Å²) < 4.78 is 22.8. The van der Waals surface area contributed by atoms with Crippen LogP contribution < -0.4 is 15.6 Å². The molecular formula is C14H13FN2O4. The first kappa shape index (κ1) is 14.6. The van der Waals surface area contributed by atoms with E-state index in [1.807, 2.05) is 0 Å². The molecule has 1 aromatic carbocycles. The van der Waals surface area contributed by atoms with Gasteiger partial charge in [-0.1, -0.05) is 0 Å². The molecule has 2 aromatic rings. The highest BCUT2D eigenvalue weighted by atomic mass is 19.1. The summed E-state index contributed by atoms with van der Waals surface area (Å²) in [5.74, 6) is -1.10. The van der Waals surface area contributed by atoms with Crippen LogP contribution in [0, 0.1) is 5.82 Å². The topological polar surface area (TPSA) is 80.6 Å². The van der Waals surface area contributed by atoms with Crippen LogP contribution in [0.15, 0.2) is 47.3 Å². The molecule has 0 bridgehead atoms. The van der Waals surface area contributed by atoms with Gasteiger partial charge in [0.15, 0.2) is 6.10 Å². The predicted molar refractivity (Wildman–Crippen MR) is 70.8 cm³/mol. The second kappa shape index (κ2) is 6.56. The van der Waals surface area contributed by atoms with Crippen LogP contribution >= 0.6 is 0 Å². The van der Waals surface area contributed by atoms with Gasteiger partial charge in [-0.3, -0.25) is 20.4 Å². The zero-order chi connectivity index (χ0) is 15.2. The van der Waals surface area contributed by atoms with Crippen molar-refractivity contribution in [3.8, 4) is 5.75 Å². The van der Waals surface area contributed by atoms with Crippen molar-refractivity contribution in [3.05, 3.63) is 54.2 Å². The molecule has 0 spiro atoms. The minimum atomic E-state index is -0.861. The summed E-state index contributed by atoms with van der Waals surface area (Å²) in [5.41, 5.74) is 4.73. The second-order valence-corrected chi connectivity index (χ2v) is 4.17. The van der Waals surface area contributed by atoms with E-state index in [-0.39, 0.29) is 5.56 Å². The lowest BCUT2D eigenvalue weighted by molar-refractivity contribution is -0.128. The molecule has 0 aliphatic carbocycles. The van der Waals surface area contributed by atoms with E-state index in [1.54, 1.807) is 0 Å². The zero-order valence-corrected chi connectivity index (χ0v) is 11.1. The van der Waals surface area contributed by atoms with Gasteiger partial charge in [-0.05, 0) is 37.3 Å². The van der Waals surface area contributed by atoms with E-state index in [4.69, 9.17) is 9.15 Å². The van der Waals surface area contributed by atoms with Gasteiger partial charge in [0.25, 0.3) is 11.8 Å². The van der Waals surface area contributed by atoms with Crippen LogP contribution in [0.3, 0.4) is 0 Å². The number of hydrogen-bond acceptors (Lipinski definition) is 4. The van der Waals surface area contributed by atoms with Crippen LogP contribution in [0.1, 0.15) is 17.3 Å². The normalized spacial score (nSPS) is 11.5. The van der Waals surface area contributed by atoms with Crippen molar-refractivity contribution in [3.63, 3.8) is 0 Å². The molecule has 7 heteroatoms. The standard InChI is InChI=1S/C14H13FN2O4/c1-9(21-12-4-2-11(15)3-5-12)13(18)16-17-14(19)10-6-7-20-8-10/h2-9H,1H3,(H,16,18)(H,17,19). The third kappa shape index (κ3) is 4.07. The number of rotatable bonds is 4. The number of carbonyl (C=O) groups is 2.